The fraction of sp³-hybridized carbons (Fsp3) is 0.118. The molecule has 21 heavy (non-hydrogen) atoms. The lowest BCUT2D eigenvalue weighted by Crippen LogP contribution is -2.00. The third kappa shape index (κ3) is 2.69. The summed E-state index contributed by atoms with van der Waals surface area (Å²) in [7, 11) is 1.40. The smallest absolute Gasteiger partial charge is 0.337 e. The maximum absolute atomic E-state index is 11.7. The van der Waals surface area contributed by atoms with E-state index in [4.69, 9.17) is 4.74 Å². The van der Waals surface area contributed by atoms with Crippen LogP contribution in [0.5, 0.6) is 0 Å². The molecule has 3 rings (SSSR count). The van der Waals surface area contributed by atoms with Gasteiger partial charge in [0.2, 0.25) is 0 Å². The molecule has 0 saturated heterocycles. The van der Waals surface area contributed by atoms with Gasteiger partial charge in [0.15, 0.2) is 0 Å². The van der Waals surface area contributed by atoms with Gasteiger partial charge >= 0.3 is 5.97 Å². The second kappa shape index (κ2) is 5.92. The minimum Gasteiger partial charge on any atom is -0.465 e. The topological polar surface area (TPSA) is 26.3 Å². The van der Waals surface area contributed by atoms with E-state index in [1.807, 2.05) is 18.2 Å². The third-order valence-corrected chi connectivity index (χ3v) is 5.10. The molecule has 0 aliphatic rings. The summed E-state index contributed by atoms with van der Waals surface area (Å²) in [5.74, 6) is -0.299. The van der Waals surface area contributed by atoms with E-state index >= 15 is 0 Å². The van der Waals surface area contributed by atoms with Gasteiger partial charge in [0.05, 0.1) is 12.7 Å². The highest BCUT2D eigenvalue weighted by Gasteiger charge is 2.11. The zero-order valence-electron chi connectivity index (χ0n) is 11.8. The largest absolute Gasteiger partial charge is 0.465 e. The molecule has 2 aromatic carbocycles. The highest BCUT2D eigenvalue weighted by molar-refractivity contribution is 7.98. The molecule has 0 aliphatic carbocycles. The molecule has 0 aliphatic heterocycles. The molecule has 0 N–H and O–H groups in total. The minimum atomic E-state index is -0.299. The molecule has 1 aromatic heterocycles. The molecular formula is C17H14O2S2. The fourth-order valence-electron chi connectivity index (χ4n) is 2.27. The zero-order chi connectivity index (χ0) is 14.8. The first-order valence-electron chi connectivity index (χ1n) is 6.47. The van der Waals surface area contributed by atoms with Gasteiger partial charge in [-0.1, -0.05) is 12.1 Å². The maximum atomic E-state index is 11.7. The van der Waals surface area contributed by atoms with Crippen molar-refractivity contribution in [3.8, 4) is 11.1 Å². The lowest BCUT2D eigenvalue weighted by atomic mass is 10.0. The van der Waals surface area contributed by atoms with Crippen LogP contribution in [0.1, 0.15) is 10.4 Å². The van der Waals surface area contributed by atoms with Crippen molar-refractivity contribution in [3.05, 3.63) is 53.4 Å². The van der Waals surface area contributed by atoms with Gasteiger partial charge in [-0.15, -0.1) is 23.1 Å². The minimum absolute atomic E-state index is 0.299. The van der Waals surface area contributed by atoms with Gasteiger partial charge in [0.1, 0.15) is 0 Å². The van der Waals surface area contributed by atoms with Crippen molar-refractivity contribution in [1.29, 1.82) is 0 Å². The van der Waals surface area contributed by atoms with E-state index in [2.05, 4.69) is 35.9 Å². The Labute approximate surface area is 131 Å². The summed E-state index contributed by atoms with van der Waals surface area (Å²) >= 11 is 3.42. The Kier molecular flexibility index (Phi) is 3.99. The second-order valence-electron chi connectivity index (χ2n) is 4.58. The molecule has 4 heteroatoms. The third-order valence-electron chi connectivity index (χ3n) is 3.40. The molecule has 0 bridgehead atoms. The van der Waals surface area contributed by atoms with Crippen molar-refractivity contribution in [2.45, 2.75) is 4.90 Å². The van der Waals surface area contributed by atoms with E-state index in [1.165, 1.54) is 22.3 Å². The van der Waals surface area contributed by atoms with Gasteiger partial charge in [0.25, 0.3) is 0 Å². The zero-order valence-corrected chi connectivity index (χ0v) is 13.4. The lowest BCUT2D eigenvalue weighted by Gasteiger charge is -2.03. The van der Waals surface area contributed by atoms with Crippen molar-refractivity contribution in [1.82, 2.24) is 0 Å². The summed E-state index contributed by atoms with van der Waals surface area (Å²) in [5.41, 5.74) is 2.92. The summed E-state index contributed by atoms with van der Waals surface area (Å²) < 4.78 is 5.97. The highest BCUT2D eigenvalue weighted by Crippen LogP contribution is 2.35. The number of benzene rings is 2. The normalized spacial score (nSPS) is 10.8. The lowest BCUT2D eigenvalue weighted by molar-refractivity contribution is 0.0601. The number of carbonyl (C=O) groups excluding carboxylic acids is 1. The van der Waals surface area contributed by atoms with Crippen LogP contribution in [-0.4, -0.2) is 19.3 Å². The Hall–Kier alpha value is -1.78. The Balaban J connectivity index is 2.11. The number of methoxy groups -OCH3 is 1. The fourth-order valence-corrected chi connectivity index (χ4v) is 3.63. The number of esters is 1. The molecular weight excluding hydrogens is 300 g/mol. The van der Waals surface area contributed by atoms with Gasteiger partial charge in [-0.3, -0.25) is 0 Å². The van der Waals surface area contributed by atoms with Crippen molar-refractivity contribution in [2.75, 3.05) is 13.4 Å². The van der Waals surface area contributed by atoms with Crippen molar-refractivity contribution in [2.24, 2.45) is 0 Å². The summed E-state index contributed by atoms with van der Waals surface area (Å²) in [6.07, 6.45) is 2.07. The predicted octanol–water partition coefficient (Wildman–Crippen LogP) is 5.08. The number of hydrogen-bond donors (Lipinski definition) is 0. The molecule has 0 atom stereocenters. The number of thiophene rings is 1. The molecule has 1 heterocycles. The number of rotatable bonds is 3. The SMILES string of the molecule is COC(=O)c1ccc2scc(-c3ccc(SC)cc3)c2c1. The Morgan fingerprint density at radius 2 is 1.90 bits per heavy atom. The molecule has 0 unspecified atom stereocenters. The van der Waals surface area contributed by atoms with Gasteiger partial charge in [-0.05, 0) is 47.5 Å². The molecule has 0 amide bonds. The van der Waals surface area contributed by atoms with Crippen LogP contribution >= 0.6 is 23.1 Å². The number of carbonyl (C=O) groups is 1. The maximum Gasteiger partial charge on any atom is 0.337 e. The van der Waals surface area contributed by atoms with Gasteiger partial charge in [0, 0.05) is 20.5 Å². The molecule has 3 aromatic rings. The average molecular weight is 314 g/mol. The molecule has 2 nitrogen and oxygen atoms in total. The number of thioether (sulfide) groups is 1. The van der Waals surface area contributed by atoms with Crippen LogP contribution in [-0.2, 0) is 4.74 Å². The molecule has 0 spiro atoms. The first-order valence-corrected chi connectivity index (χ1v) is 8.57. The Morgan fingerprint density at radius 1 is 1.14 bits per heavy atom. The number of hydrogen-bond acceptors (Lipinski definition) is 4. The second-order valence-corrected chi connectivity index (χ2v) is 6.37. The van der Waals surface area contributed by atoms with Crippen LogP contribution in [0.3, 0.4) is 0 Å². The van der Waals surface area contributed by atoms with Crippen molar-refractivity contribution < 1.29 is 9.53 Å². The van der Waals surface area contributed by atoms with Crippen LogP contribution in [0, 0.1) is 0 Å². The van der Waals surface area contributed by atoms with Crippen molar-refractivity contribution in [3.63, 3.8) is 0 Å². The quantitative estimate of drug-likeness (QED) is 0.498. The van der Waals surface area contributed by atoms with E-state index in [0.29, 0.717) is 5.56 Å². The Bertz CT molecular complexity index is 788. The van der Waals surface area contributed by atoms with Gasteiger partial charge in [-0.2, -0.15) is 0 Å². The van der Waals surface area contributed by atoms with Crippen LogP contribution in [0.4, 0.5) is 0 Å². The van der Waals surface area contributed by atoms with Crippen LogP contribution in [0.15, 0.2) is 52.7 Å². The average Bonchev–Trinajstić information content (AvgIpc) is 2.97. The molecule has 0 radical (unpaired) electrons. The summed E-state index contributed by atoms with van der Waals surface area (Å²) in [5, 5.41) is 3.24. The van der Waals surface area contributed by atoms with Crippen LogP contribution in [0.25, 0.3) is 21.2 Å². The molecule has 0 fully saturated rings. The molecule has 106 valence electrons. The first kappa shape index (κ1) is 14.2. The summed E-state index contributed by atoms with van der Waals surface area (Å²) in [6.45, 7) is 0. The van der Waals surface area contributed by atoms with Crippen molar-refractivity contribution >= 4 is 39.2 Å². The summed E-state index contributed by atoms with van der Waals surface area (Å²) in [4.78, 5) is 12.9. The number of ether oxygens (including phenoxy) is 1. The van der Waals surface area contributed by atoms with Crippen LogP contribution < -0.4 is 0 Å². The van der Waals surface area contributed by atoms with E-state index in [0.717, 1.165) is 10.9 Å². The Morgan fingerprint density at radius 3 is 2.57 bits per heavy atom. The van der Waals surface area contributed by atoms with Gasteiger partial charge < -0.3 is 4.74 Å². The standard InChI is InChI=1S/C17H14O2S2/c1-19-17(18)12-5-8-16-14(9-12)15(10-21-16)11-3-6-13(20-2)7-4-11/h3-10H,1-2H3. The van der Waals surface area contributed by atoms with E-state index < -0.39 is 0 Å². The first-order chi connectivity index (χ1) is 10.2. The van der Waals surface area contributed by atoms with Crippen LogP contribution in [0.2, 0.25) is 0 Å². The monoisotopic (exact) mass is 314 g/mol. The molecule has 0 saturated carbocycles. The van der Waals surface area contributed by atoms with E-state index in [1.54, 1.807) is 23.1 Å². The van der Waals surface area contributed by atoms with E-state index in [9.17, 15) is 4.79 Å². The predicted molar refractivity (Wildman–Crippen MR) is 90.4 cm³/mol. The number of fused-ring (bicyclic) bond motifs is 1. The van der Waals surface area contributed by atoms with Gasteiger partial charge in [-0.25, -0.2) is 4.79 Å². The van der Waals surface area contributed by atoms with E-state index in [-0.39, 0.29) is 5.97 Å². The highest BCUT2D eigenvalue weighted by atomic mass is 32.2. The summed E-state index contributed by atoms with van der Waals surface area (Å²) in [6, 6.07) is 14.2.